The molecule has 16 heavy (non-hydrogen) atoms. The first-order valence-electron chi connectivity index (χ1n) is 5.57. The molecular formula is C13H16N2O. The van der Waals surface area contributed by atoms with Gasteiger partial charge in [0.1, 0.15) is 5.82 Å². The van der Waals surface area contributed by atoms with Gasteiger partial charge in [-0.3, -0.25) is 0 Å². The summed E-state index contributed by atoms with van der Waals surface area (Å²) >= 11 is 0. The van der Waals surface area contributed by atoms with Crippen molar-refractivity contribution in [3.05, 3.63) is 23.9 Å². The molecule has 0 spiro atoms. The van der Waals surface area contributed by atoms with E-state index in [2.05, 4.69) is 15.8 Å². The Morgan fingerprint density at radius 1 is 1.56 bits per heavy atom. The van der Waals surface area contributed by atoms with Crippen LogP contribution in [0.4, 0.5) is 5.82 Å². The van der Waals surface area contributed by atoms with Crippen molar-refractivity contribution in [2.45, 2.75) is 19.4 Å². The van der Waals surface area contributed by atoms with E-state index in [9.17, 15) is 0 Å². The van der Waals surface area contributed by atoms with Crippen LogP contribution in [0.3, 0.4) is 0 Å². The van der Waals surface area contributed by atoms with E-state index >= 15 is 0 Å². The summed E-state index contributed by atoms with van der Waals surface area (Å²) in [6.07, 6.45) is 9.67. The lowest BCUT2D eigenvalue weighted by Gasteiger charge is -2.21. The van der Waals surface area contributed by atoms with Gasteiger partial charge in [0.2, 0.25) is 0 Å². The number of rotatable bonds is 5. The van der Waals surface area contributed by atoms with Crippen LogP contribution in [0.15, 0.2) is 18.3 Å². The zero-order valence-corrected chi connectivity index (χ0v) is 9.26. The highest BCUT2D eigenvalue weighted by molar-refractivity contribution is 5.42. The molecule has 0 aliphatic heterocycles. The quantitative estimate of drug-likeness (QED) is 0.756. The third-order valence-corrected chi connectivity index (χ3v) is 2.77. The third-order valence-electron chi connectivity index (χ3n) is 2.77. The Morgan fingerprint density at radius 2 is 2.38 bits per heavy atom. The van der Waals surface area contributed by atoms with Crippen molar-refractivity contribution in [1.82, 2.24) is 4.98 Å². The van der Waals surface area contributed by atoms with E-state index in [-0.39, 0.29) is 6.61 Å². The van der Waals surface area contributed by atoms with Gasteiger partial charge in [0.15, 0.2) is 0 Å². The van der Waals surface area contributed by atoms with Gasteiger partial charge in [-0.25, -0.2) is 4.98 Å². The number of nitrogens with zero attached hydrogens (tertiary/aromatic N) is 2. The summed E-state index contributed by atoms with van der Waals surface area (Å²) in [6.45, 7) is 1.60. The van der Waals surface area contributed by atoms with Gasteiger partial charge in [0, 0.05) is 12.7 Å². The predicted molar refractivity (Wildman–Crippen MR) is 63.9 cm³/mol. The van der Waals surface area contributed by atoms with Gasteiger partial charge in [0.25, 0.3) is 0 Å². The summed E-state index contributed by atoms with van der Waals surface area (Å²) < 4.78 is 0. The van der Waals surface area contributed by atoms with E-state index < -0.39 is 0 Å². The first-order valence-corrected chi connectivity index (χ1v) is 5.57. The van der Waals surface area contributed by atoms with Crippen LogP contribution >= 0.6 is 0 Å². The Balaban J connectivity index is 2.12. The number of anilines is 1. The molecule has 1 aliphatic carbocycles. The molecule has 1 N–H and O–H groups in total. The van der Waals surface area contributed by atoms with Gasteiger partial charge in [-0.1, -0.05) is 5.92 Å². The van der Waals surface area contributed by atoms with E-state index in [0.29, 0.717) is 6.54 Å². The molecule has 1 fully saturated rings. The van der Waals surface area contributed by atoms with Crippen molar-refractivity contribution in [1.29, 1.82) is 0 Å². The average molecular weight is 216 g/mol. The maximum absolute atomic E-state index is 9.08. The second-order valence-corrected chi connectivity index (χ2v) is 4.21. The van der Waals surface area contributed by atoms with Gasteiger partial charge >= 0.3 is 0 Å². The van der Waals surface area contributed by atoms with Crippen LogP contribution < -0.4 is 4.90 Å². The maximum Gasteiger partial charge on any atom is 0.129 e. The van der Waals surface area contributed by atoms with Crippen molar-refractivity contribution in [3.8, 4) is 12.3 Å². The molecule has 3 heteroatoms. The predicted octanol–water partition coefficient (Wildman–Crippen LogP) is 1.42. The van der Waals surface area contributed by atoms with Crippen LogP contribution in [0.1, 0.15) is 18.4 Å². The lowest BCUT2D eigenvalue weighted by Crippen LogP contribution is -2.27. The molecule has 0 bridgehead atoms. The molecule has 1 heterocycles. The van der Waals surface area contributed by atoms with Crippen molar-refractivity contribution in [2.24, 2.45) is 5.92 Å². The summed E-state index contributed by atoms with van der Waals surface area (Å²) in [7, 11) is 0. The second-order valence-electron chi connectivity index (χ2n) is 4.21. The summed E-state index contributed by atoms with van der Waals surface area (Å²) in [6, 6.07) is 3.72. The van der Waals surface area contributed by atoms with Crippen molar-refractivity contribution in [3.63, 3.8) is 0 Å². The number of aromatic nitrogens is 1. The van der Waals surface area contributed by atoms with Gasteiger partial charge < -0.3 is 10.0 Å². The number of terminal acetylenes is 1. The normalized spacial score (nSPS) is 14.5. The van der Waals surface area contributed by atoms with Crippen LogP contribution in [-0.4, -0.2) is 23.2 Å². The monoisotopic (exact) mass is 216 g/mol. The van der Waals surface area contributed by atoms with E-state index in [0.717, 1.165) is 23.8 Å². The fourth-order valence-electron chi connectivity index (χ4n) is 1.69. The Morgan fingerprint density at radius 3 is 3.00 bits per heavy atom. The highest BCUT2D eigenvalue weighted by atomic mass is 16.3. The number of hydrogen-bond donors (Lipinski definition) is 1. The zero-order chi connectivity index (χ0) is 11.4. The van der Waals surface area contributed by atoms with Crippen LogP contribution in [0.5, 0.6) is 0 Å². The fraction of sp³-hybridized carbons (Fsp3) is 0.462. The molecule has 1 saturated carbocycles. The van der Waals surface area contributed by atoms with Gasteiger partial charge in [0.05, 0.1) is 13.2 Å². The zero-order valence-electron chi connectivity index (χ0n) is 9.26. The van der Waals surface area contributed by atoms with Gasteiger partial charge in [-0.2, -0.15) is 0 Å². The number of aliphatic hydroxyl groups excluding tert-OH is 1. The minimum absolute atomic E-state index is 0.0445. The van der Waals surface area contributed by atoms with E-state index in [1.165, 1.54) is 12.8 Å². The third kappa shape index (κ3) is 2.74. The summed E-state index contributed by atoms with van der Waals surface area (Å²) in [5.74, 6) is 4.30. The topological polar surface area (TPSA) is 36.4 Å². The van der Waals surface area contributed by atoms with Crippen molar-refractivity contribution in [2.75, 3.05) is 18.0 Å². The van der Waals surface area contributed by atoms with Gasteiger partial charge in [-0.05, 0) is 36.5 Å². The molecular weight excluding hydrogens is 200 g/mol. The average Bonchev–Trinajstić information content (AvgIpc) is 3.12. The molecule has 0 saturated heterocycles. The smallest absolute Gasteiger partial charge is 0.129 e. The largest absolute Gasteiger partial charge is 0.392 e. The SMILES string of the molecule is C#CCN(CC1CC1)c1cc(CO)ccn1. The molecule has 0 atom stereocenters. The Hall–Kier alpha value is -1.53. The Bertz CT molecular complexity index is 393. The minimum atomic E-state index is 0.0445. The Labute approximate surface area is 96.1 Å². The first kappa shape index (κ1) is 11.0. The number of hydrogen-bond acceptors (Lipinski definition) is 3. The van der Waals surface area contributed by atoms with E-state index in [1.807, 2.05) is 12.1 Å². The second kappa shape index (κ2) is 5.00. The van der Waals surface area contributed by atoms with Crippen LogP contribution in [0, 0.1) is 18.3 Å². The lowest BCUT2D eigenvalue weighted by atomic mass is 10.2. The van der Waals surface area contributed by atoms with Crippen LogP contribution in [-0.2, 0) is 6.61 Å². The molecule has 0 radical (unpaired) electrons. The standard InChI is InChI=1S/C13H16N2O/c1-2-7-15(9-11-3-4-11)13-8-12(10-16)5-6-14-13/h1,5-6,8,11,16H,3-4,7,9-10H2. The number of pyridine rings is 1. The van der Waals surface area contributed by atoms with E-state index in [1.54, 1.807) is 6.20 Å². The molecule has 1 aromatic heterocycles. The molecule has 0 unspecified atom stereocenters. The summed E-state index contributed by atoms with van der Waals surface area (Å²) in [5, 5.41) is 9.08. The first-order chi connectivity index (χ1) is 7.83. The molecule has 0 amide bonds. The summed E-state index contributed by atoms with van der Waals surface area (Å²) in [5.41, 5.74) is 0.878. The fourth-order valence-corrected chi connectivity index (χ4v) is 1.69. The highest BCUT2D eigenvalue weighted by Crippen LogP contribution is 2.30. The van der Waals surface area contributed by atoms with Crippen molar-refractivity contribution < 1.29 is 5.11 Å². The van der Waals surface area contributed by atoms with Crippen LogP contribution in [0.25, 0.3) is 0 Å². The molecule has 84 valence electrons. The minimum Gasteiger partial charge on any atom is -0.392 e. The maximum atomic E-state index is 9.08. The molecule has 1 aromatic rings. The highest BCUT2D eigenvalue weighted by Gasteiger charge is 2.24. The Kier molecular flexibility index (Phi) is 3.43. The molecule has 2 rings (SSSR count). The van der Waals surface area contributed by atoms with Gasteiger partial charge in [-0.15, -0.1) is 6.42 Å². The lowest BCUT2D eigenvalue weighted by molar-refractivity contribution is 0.281. The van der Waals surface area contributed by atoms with E-state index in [4.69, 9.17) is 11.5 Å². The molecule has 3 nitrogen and oxygen atoms in total. The summed E-state index contributed by atoms with van der Waals surface area (Å²) in [4.78, 5) is 6.41. The number of aliphatic hydroxyl groups is 1. The molecule has 0 aromatic carbocycles. The van der Waals surface area contributed by atoms with Crippen molar-refractivity contribution >= 4 is 5.82 Å². The molecule has 1 aliphatic rings. The van der Waals surface area contributed by atoms with Crippen LogP contribution in [0.2, 0.25) is 0 Å².